The van der Waals surface area contributed by atoms with Gasteiger partial charge in [0.15, 0.2) is 15.0 Å². The van der Waals surface area contributed by atoms with Crippen LogP contribution in [0, 0.1) is 12.7 Å². The zero-order chi connectivity index (χ0) is 23.4. The van der Waals surface area contributed by atoms with E-state index in [1.165, 1.54) is 23.5 Å². The van der Waals surface area contributed by atoms with Crippen molar-refractivity contribution in [3.8, 4) is 0 Å². The maximum atomic E-state index is 13.2. The van der Waals surface area contributed by atoms with Crippen LogP contribution < -0.4 is 4.90 Å². The molecule has 0 unspecified atom stereocenters. The van der Waals surface area contributed by atoms with Gasteiger partial charge >= 0.3 is 0 Å². The molecule has 0 fully saturated rings. The zero-order valence-corrected chi connectivity index (χ0v) is 19.7. The highest BCUT2D eigenvalue weighted by atomic mass is 32.2. The number of hydrogen-bond acceptors (Lipinski definition) is 5. The molecule has 170 valence electrons. The van der Waals surface area contributed by atoms with Gasteiger partial charge in [-0.25, -0.2) is 17.8 Å². The Hall–Kier alpha value is -3.10. The molecule has 8 heteroatoms. The summed E-state index contributed by atoms with van der Waals surface area (Å²) in [7, 11) is -3.60. The molecule has 1 amide bonds. The molecule has 0 saturated carbocycles. The van der Waals surface area contributed by atoms with Crippen LogP contribution in [-0.2, 0) is 21.2 Å². The minimum absolute atomic E-state index is 0.0548. The third-order valence-electron chi connectivity index (χ3n) is 5.30. The van der Waals surface area contributed by atoms with E-state index in [9.17, 15) is 17.6 Å². The monoisotopic (exact) mass is 482 g/mol. The predicted molar refractivity (Wildman–Crippen MR) is 130 cm³/mol. The van der Waals surface area contributed by atoms with Crippen LogP contribution in [0.3, 0.4) is 0 Å². The Morgan fingerprint density at radius 3 is 2.42 bits per heavy atom. The number of sulfone groups is 1. The van der Waals surface area contributed by atoms with E-state index in [0.717, 1.165) is 33.5 Å². The number of rotatable bonds is 8. The molecule has 4 rings (SSSR count). The highest BCUT2D eigenvalue weighted by Gasteiger charge is 2.22. The van der Waals surface area contributed by atoms with E-state index in [-0.39, 0.29) is 29.4 Å². The third-order valence-corrected chi connectivity index (χ3v) is 8.16. The molecular formula is C25H23FN2O3S2. The fourth-order valence-corrected chi connectivity index (χ4v) is 5.90. The Morgan fingerprint density at radius 1 is 1.00 bits per heavy atom. The first-order chi connectivity index (χ1) is 15.8. The van der Waals surface area contributed by atoms with Gasteiger partial charge in [0.25, 0.3) is 0 Å². The average molecular weight is 483 g/mol. The lowest BCUT2D eigenvalue weighted by atomic mass is 10.2. The normalized spacial score (nSPS) is 11.6. The largest absolute Gasteiger partial charge is 0.284 e. The molecule has 0 spiro atoms. The number of carbonyl (C=O) groups excluding carboxylic acids is 1. The van der Waals surface area contributed by atoms with Crippen molar-refractivity contribution in [1.29, 1.82) is 0 Å². The van der Waals surface area contributed by atoms with Crippen molar-refractivity contribution in [3.63, 3.8) is 0 Å². The molecule has 0 aliphatic rings. The van der Waals surface area contributed by atoms with Gasteiger partial charge in [0.05, 0.1) is 27.4 Å². The molecule has 0 N–H and O–H groups in total. The Bertz CT molecular complexity index is 1370. The van der Waals surface area contributed by atoms with Crippen molar-refractivity contribution >= 4 is 42.4 Å². The standard InChI is InChI=1S/C25H23FN2O3S2/c1-18-7-5-10-22-24(18)27-25(32-22)28(17-19-8-3-2-4-9-19)23(29)11-6-16-33(30,31)21-14-12-20(26)13-15-21/h2-5,7-10,12-15H,6,11,16-17H2,1H3. The van der Waals surface area contributed by atoms with E-state index >= 15 is 0 Å². The molecule has 5 nitrogen and oxygen atoms in total. The maximum absolute atomic E-state index is 13.2. The molecule has 3 aromatic carbocycles. The number of thiazole rings is 1. The van der Waals surface area contributed by atoms with E-state index in [4.69, 9.17) is 4.98 Å². The van der Waals surface area contributed by atoms with Crippen molar-refractivity contribution < 1.29 is 17.6 Å². The van der Waals surface area contributed by atoms with Gasteiger partial charge in [-0.3, -0.25) is 9.69 Å². The zero-order valence-electron chi connectivity index (χ0n) is 18.1. The quantitative estimate of drug-likeness (QED) is 0.310. The molecule has 33 heavy (non-hydrogen) atoms. The SMILES string of the molecule is Cc1cccc2sc(N(Cc3ccccc3)C(=O)CCCS(=O)(=O)c3ccc(F)cc3)nc12. The summed E-state index contributed by atoms with van der Waals surface area (Å²) in [5, 5.41) is 0.592. The number of amides is 1. The van der Waals surface area contributed by atoms with Crippen molar-refractivity contribution in [3.05, 3.63) is 89.7 Å². The lowest BCUT2D eigenvalue weighted by molar-refractivity contribution is -0.118. The fourth-order valence-electron chi connectivity index (χ4n) is 3.53. The van der Waals surface area contributed by atoms with Crippen LogP contribution in [0.25, 0.3) is 10.2 Å². The minimum Gasteiger partial charge on any atom is -0.284 e. The van der Waals surface area contributed by atoms with Gasteiger partial charge in [-0.1, -0.05) is 53.8 Å². The summed E-state index contributed by atoms with van der Waals surface area (Å²) in [4.78, 5) is 19.6. The fraction of sp³-hybridized carbons (Fsp3) is 0.200. The summed E-state index contributed by atoms with van der Waals surface area (Å²) in [6, 6.07) is 20.3. The average Bonchev–Trinajstić information content (AvgIpc) is 3.23. The first kappa shape index (κ1) is 23.1. The van der Waals surface area contributed by atoms with E-state index in [1.54, 1.807) is 4.90 Å². The topological polar surface area (TPSA) is 67.3 Å². The summed E-state index contributed by atoms with van der Waals surface area (Å²) in [6.45, 7) is 2.33. The smallest absolute Gasteiger partial charge is 0.229 e. The molecule has 0 bridgehead atoms. The van der Waals surface area contributed by atoms with Gasteiger partial charge in [-0.05, 0) is 54.8 Å². The number of carbonyl (C=O) groups is 1. The van der Waals surface area contributed by atoms with E-state index < -0.39 is 15.7 Å². The summed E-state index contributed by atoms with van der Waals surface area (Å²) in [5.74, 6) is -0.876. The summed E-state index contributed by atoms with van der Waals surface area (Å²) in [5.41, 5.74) is 2.86. The van der Waals surface area contributed by atoms with Crippen LogP contribution in [0.5, 0.6) is 0 Å². The number of para-hydroxylation sites is 1. The Morgan fingerprint density at radius 2 is 1.73 bits per heavy atom. The molecule has 1 aromatic heterocycles. The Balaban J connectivity index is 1.53. The van der Waals surface area contributed by atoms with Gasteiger partial charge in [0.1, 0.15) is 5.82 Å². The number of halogens is 1. The van der Waals surface area contributed by atoms with Gasteiger partial charge in [-0.15, -0.1) is 0 Å². The van der Waals surface area contributed by atoms with E-state index in [1.807, 2.05) is 55.5 Å². The van der Waals surface area contributed by atoms with Crippen LogP contribution in [0.15, 0.2) is 77.7 Å². The highest BCUT2D eigenvalue weighted by Crippen LogP contribution is 2.32. The van der Waals surface area contributed by atoms with Crippen LogP contribution in [0.4, 0.5) is 9.52 Å². The molecule has 0 atom stereocenters. The second kappa shape index (κ2) is 9.80. The number of anilines is 1. The Labute approximate surface area is 196 Å². The van der Waals surface area contributed by atoms with E-state index in [2.05, 4.69) is 0 Å². The van der Waals surface area contributed by atoms with Gasteiger partial charge < -0.3 is 0 Å². The summed E-state index contributed by atoms with van der Waals surface area (Å²) < 4.78 is 39.2. The lowest BCUT2D eigenvalue weighted by Gasteiger charge is -2.20. The number of aromatic nitrogens is 1. The molecule has 0 aliphatic heterocycles. The predicted octanol–water partition coefficient (Wildman–Crippen LogP) is 5.53. The number of hydrogen-bond donors (Lipinski definition) is 0. The summed E-state index contributed by atoms with van der Waals surface area (Å²) >= 11 is 1.44. The van der Waals surface area contributed by atoms with Crippen LogP contribution >= 0.6 is 11.3 Å². The van der Waals surface area contributed by atoms with Crippen LogP contribution in [0.2, 0.25) is 0 Å². The number of fused-ring (bicyclic) bond motifs is 1. The van der Waals surface area contributed by atoms with Crippen molar-refractivity contribution in [2.75, 3.05) is 10.7 Å². The van der Waals surface area contributed by atoms with Gasteiger partial charge in [0, 0.05) is 6.42 Å². The minimum atomic E-state index is -3.60. The van der Waals surface area contributed by atoms with Crippen molar-refractivity contribution in [2.24, 2.45) is 0 Å². The van der Waals surface area contributed by atoms with Crippen molar-refractivity contribution in [1.82, 2.24) is 4.98 Å². The van der Waals surface area contributed by atoms with Crippen LogP contribution in [-0.4, -0.2) is 25.1 Å². The van der Waals surface area contributed by atoms with E-state index in [0.29, 0.717) is 11.7 Å². The second-order valence-corrected chi connectivity index (χ2v) is 10.9. The second-order valence-electron chi connectivity index (χ2n) is 7.76. The molecule has 0 saturated heterocycles. The summed E-state index contributed by atoms with van der Waals surface area (Å²) in [6.07, 6.45) is 0.218. The number of aryl methyl sites for hydroxylation is 1. The molecule has 0 aliphatic carbocycles. The Kier molecular flexibility index (Phi) is 6.85. The van der Waals surface area contributed by atoms with Crippen LogP contribution in [0.1, 0.15) is 24.0 Å². The number of nitrogens with zero attached hydrogens (tertiary/aromatic N) is 2. The van der Waals surface area contributed by atoms with Crippen molar-refractivity contribution in [2.45, 2.75) is 31.2 Å². The van der Waals surface area contributed by atoms with Gasteiger partial charge in [0.2, 0.25) is 5.91 Å². The molecule has 0 radical (unpaired) electrons. The molecular weight excluding hydrogens is 459 g/mol. The molecule has 4 aromatic rings. The number of benzene rings is 3. The van der Waals surface area contributed by atoms with Gasteiger partial charge in [-0.2, -0.15) is 0 Å². The lowest BCUT2D eigenvalue weighted by Crippen LogP contribution is -2.30. The maximum Gasteiger partial charge on any atom is 0.229 e. The molecule has 1 heterocycles. The first-order valence-electron chi connectivity index (χ1n) is 10.5. The third kappa shape index (κ3) is 5.46. The highest BCUT2D eigenvalue weighted by molar-refractivity contribution is 7.91. The first-order valence-corrected chi connectivity index (χ1v) is 13.0.